The molecule has 1 aliphatic rings. The minimum Gasteiger partial charge on any atom is -0.444 e. The van der Waals surface area contributed by atoms with Gasteiger partial charge in [0.05, 0.1) is 0 Å². The van der Waals surface area contributed by atoms with E-state index >= 15 is 0 Å². The molecule has 7 nitrogen and oxygen atoms in total. The summed E-state index contributed by atoms with van der Waals surface area (Å²) < 4.78 is 5.51. The number of nitrogens with one attached hydrogen (secondary N) is 2. The number of alkyl carbamates (subject to hydrolysis) is 1. The second kappa shape index (κ2) is 13.4. The van der Waals surface area contributed by atoms with Crippen LogP contribution in [-0.4, -0.2) is 46.5 Å². The molecule has 0 radical (unpaired) electrons. The molecule has 0 aromatic heterocycles. The van der Waals surface area contributed by atoms with Crippen molar-refractivity contribution in [2.45, 2.75) is 103 Å². The molecule has 1 saturated carbocycles. The molecule has 0 saturated heterocycles. The molecule has 0 spiro atoms. The van der Waals surface area contributed by atoms with Gasteiger partial charge in [0.15, 0.2) is 0 Å². The quantitative estimate of drug-likeness (QED) is 0.406. The zero-order valence-electron chi connectivity index (χ0n) is 23.4. The maximum absolute atomic E-state index is 14.4. The van der Waals surface area contributed by atoms with E-state index in [1.165, 1.54) is 0 Å². The van der Waals surface area contributed by atoms with Crippen LogP contribution in [0.5, 0.6) is 0 Å². The van der Waals surface area contributed by atoms with Crippen molar-refractivity contribution in [3.63, 3.8) is 0 Å². The van der Waals surface area contributed by atoms with Gasteiger partial charge in [-0.2, -0.15) is 0 Å². The van der Waals surface area contributed by atoms with Crippen molar-refractivity contribution in [2.75, 3.05) is 0 Å². The van der Waals surface area contributed by atoms with Crippen molar-refractivity contribution in [1.82, 2.24) is 15.5 Å². The number of amides is 3. The third-order valence-corrected chi connectivity index (χ3v) is 6.75. The van der Waals surface area contributed by atoms with E-state index in [0.29, 0.717) is 0 Å². The monoisotopic (exact) mass is 521 g/mol. The summed E-state index contributed by atoms with van der Waals surface area (Å²) in [7, 11) is 0. The fraction of sp³-hybridized carbons (Fsp3) is 0.516. The van der Waals surface area contributed by atoms with Gasteiger partial charge in [0.25, 0.3) is 0 Å². The van der Waals surface area contributed by atoms with E-state index in [1.54, 1.807) is 25.7 Å². The van der Waals surface area contributed by atoms with Gasteiger partial charge < -0.3 is 20.3 Å². The smallest absolute Gasteiger partial charge is 0.408 e. The number of rotatable bonds is 11. The highest BCUT2D eigenvalue weighted by molar-refractivity contribution is 5.92. The number of carbonyl (C=O) groups is 3. The van der Waals surface area contributed by atoms with E-state index < -0.39 is 23.8 Å². The standard InChI is InChI=1S/C31H43N3O4/c1-6-14-22(2)32-28(35)27(24-17-11-8-12-18-24)34(25-19-13-20-25)29(36)26(21-23-15-9-7-10-16-23)33-30(37)38-31(3,4)5/h7-12,15-18,22,25-27H,6,13-14,19-21H2,1-5H3,(H,32,35)(H,33,37). The Bertz CT molecular complexity index is 1050. The van der Waals surface area contributed by atoms with Gasteiger partial charge in [-0.1, -0.05) is 74.0 Å². The zero-order valence-corrected chi connectivity index (χ0v) is 23.4. The van der Waals surface area contributed by atoms with E-state index in [4.69, 9.17) is 4.74 Å². The fourth-order valence-electron chi connectivity index (χ4n) is 4.76. The minimum atomic E-state index is -0.889. The van der Waals surface area contributed by atoms with E-state index in [0.717, 1.165) is 43.2 Å². The van der Waals surface area contributed by atoms with Gasteiger partial charge in [-0.3, -0.25) is 9.59 Å². The fourth-order valence-corrected chi connectivity index (χ4v) is 4.76. The van der Waals surface area contributed by atoms with E-state index in [-0.39, 0.29) is 30.3 Å². The molecule has 206 valence electrons. The number of hydrogen-bond acceptors (Lipinski definition) is 4. The Balaban J connectivity index is 1.99. The van der Waals surface area contributed by atoms with Gasteiger partial charge in [-0.15, -0.1) is 0 Å². The molecule has 3 atom stereocenters. The number of benzene rings is 2. The lowest BCUT2D eigenvalue weighted by atomic mass is 9.87. The summed E-state index contributed by atoms with van der Waals surface area (Å²) in [6, 6.07) is 17.2. The Morgan fingerprint density at radius 2 is 1.58 bits per heavy atom. The lowest BCUT2D eigenvalue weighted by molar-refractivity contribution is -0.147. The Kier molecular flexibility index (Phi) is 10.3. The molecule has 2 N–H and O–H groups in total. The van der Waals surface area contributed by atoms with Crippen molar-refractivity contribution in [3.8, 4) is 0 Å². The largest absolute Gasteiger partial charge is 0.444 e. The first kappa shape index (κ1) is 29.2. The molecule has 3 amide bonds. The van der Waals surface area contributed by atoms with Crippen molar-refractivity contribution >= 4 is 17.9 Å². The van der Waals surface area contributed by atoms with E-state index in [9.17, 15) is 14.4 Å². The molecule has 0 bridgehead atoms. The summed E-state index contributed by atoms with van der Waals surface area (Å²) in [5.74, 6) is -0.482. The molecular formula is C31H43N3O4. The first-order chi connectivity index (χ1) is 18.1. The normalized spacial score (nSPS) is 15.9. The third kappa shape index (κ3) is 8.33. The van der Waals surface area contributed by atoms with Crippen LogP contribution >= 0.6 is 0 Å². The van der Waals surface area contributed by atoms with Crippen LogP contribution in [0.3, 0.4) is 0 Å². The van der Waals surface area contributed by atoms with Crippen LogP contribution in [0.2, 0.25) is 0 Å². The van der Waals surface area contributed by atoms with Crippen LogP contribution in [0.25, 0.3) is 0 Å². The van der Waals surface area contributed by atoms with Crippen LogP contribution < -0.4 is 10.6 Å². The van der Waals surface area contributed by atoms with Crippen molar-refractivity contribution in [2.24, 2.45) is 0 Å². The molecule has 0 aliphatic heterocycles. The molecule has 2 aromatic carbocycles. The SMILES string of the molecule is CCCC(C)NC(=O)C(c1ccccc1)N(C(=O)C(Cc1ccccc1)NC(=O)OC(C)(C)C)C1CCC1. The summed E-state index contributed by atoms with van der Waals surface area (Å²) in [5.41, 5.74) is 0.956. The maximum atomic E-state index is 14.4. The van der Waals surface area contributed by atoms with Gasteiger partial charge in [0.1, 0.15) is 17.7 Å². The highest BCUT2D eigenvalue weighted by Crippen LogP contribution is 2.34. The Labute approximate surface area is 227 Å². The van der Waals surface area contributed by atoms with E-state index in [2.05, 4.69) is 17.6 Å². The number of ether oxygens (including phenoxy) is 1. The number of carbonyl (C=O) groups excluding carboxylic acids is 3. The van der Waals surface area contributed by atoms with Gasteiger partial charge >= 0.3 is 6.09 Å². The molecule has 3 unspecified atom stereocenters. The maximum Gasteiger partial charge on any atom is 0.408 e. The lowest BCUT2D eigenvalue weighted by Gasteiger charge is -2.44. The Hall–Kier alpha value is -3.35. The molecule has 0 heterocycles. The average molecular weight is 522 g/mol. The lowest BCUT2D eigenvalue weighted by Crippen LogP contribution is -2.58. The van der Waals surface area contributed by atoms with Crippen molar-refractivity contribution in [1.29, 1.82) is 0 Å². The molecular weight excluding hydrogens is 478 g/mol. The second-order valence-electron chi connectivity index (χ2n) is 11.2. The molecule has 38 heavy (non-hydrogen) atoms. The van der Waals surface area contributed by atoms with Gasteiger partial charge in [-0.25, -0.2) is 4.79 Å². The summed E-state index contributed by atoms with van der Waals surface area (Å²) in [6.07, 6.45) is 4.06. The first-order valence-corrected chi connectivity index (χ1v) is 13.8. The van der Waals surface area contributed by atoms with Gasteiger partial charge in [0.2, 0.25) is 11.8 Å². The van der Waals surface area contributed by atoms with Crippen LogP contribution in [0.1, 0.15) is 83.9 Å². The average Bonchev–Trinajstić information content (AvgIpc) is 2.82. The van der Waals surface area contributed by atoms with Crippen LogP contribution in [-0.2, 0) is 20.7 Å². The topological polar surface area (TPSA) is 87.7 Å². The minimum absolute atomic E-state index is 0.0166. The second-order valence-corrected chi connectivity index (χ2v) is 11.2. The predicted octanol–water partition coefficient (Wildman–Crippen LogP) is 5.55. The van der Waals surface area contributed by atoms with Gasteiger partial charge in [0, 0.05) is 18.5 Å². The summed E-state index contributed by atoms with van der Waals surface area (Å²) in [5, 5.41) is 5.96. The molecule has 1 aliphatic carbocycles. The number of nitrogens with zero attached hydrogens (tertiary/aromatic N) is 1. The van der Waals surface area contributed by atoms with Crippen molar-refractivity contribution < 1.29 is 19.1 Å². The van der Waals surface area contributed by atoms with Crippen LogP contribution in [0.15, 0.2) is 60.7 Å². The van der Waals surface area contributed by atoms with E-state index in [1.807, 2.05) is 67.6 Å². The summed E-state index contributed by atoms with van der Waals surface area (Å²) >= 11 is 0. The van der Waals surface area contributed by atoms with Crippen LogP contribution in [0.4, 0.5) is 4.79 Å². The first-order valence-electron chi connectivity index (χ1n) is 13.8. The van der Waals surface area contributed by atoms with Crippen LogP contribution in [0, 0.1) is 0 Å². The molecule has 3 rings (SSSR count). The van der Waals surface area contributed by atoms with Crippen molar-refractivity contribution in [3.05, 3.63) is 71.8 Å². The summed E-state index contributed by atoms with van der Waals surface area (Å²) in [4.78, 5) is 42.8. The molecule has 7 heteroatoms. The number of hydrogen-bond donors (Lipinski definition) is 2. The van der Waals surface area contributed by atoms with Gasteiger partial charge in [-0.05, 0) is 64.5 Å². The third-order valence-electron chi connectivity index (χ3n) is 6.75. The molecule has 2 aromatic rings. The molecule has 1 fully saturated rings. The zero-order chi connectivity index (χ0) is 27.7. The summed E-state index contributed by atoms with van der Waals surface area (Å²) in [6.45, 7) is 9.43. The highest BCUT2D eigenvalue weighted by Gasteiger charge is 2.42. The Morgan fingerprint density at radius 1 is 0.974 bits per heavy atom. The predicted molar refractivity (Wildman–Crippen MR) is 149 cm³/mol. The highest BCUT2D eigenvalue weighted by atomic mass is 16.6. The Morgan fingerprint density at radius 3 is 2.11 bits per heavy atom.